The molecule has 1 spiro atoms. The molecule has 3 saturated heterocycles. The number of esters is 1. The van der Waals surface area contributed by atoms with Gasteiger partial charge in [-0.1, -0.05) is 32.3 Å². The minimum absolute atomic E-state index is 0.0285. The highest BCUT2D eigenvalue weighted by atomic mass is 16.6. The van der Waals surface area contributed by atoms with E-state index >= 15 is 0 Å². The molecule has 3 aliphatic heterocycles. The van der Waals surface area contributed by atoms with Gasteiger partial charge in [-0.3, -0.25) is 14.4 Å². The number of aliphatic hydroxyl groups excluding tert-OH is 1. The molecule has 4 rings (SSSR count). The first-order valence-electron chi connectivity index (χ1n) is 13.6. The number of ether oxygens (including phenoxy) is 2. The molecule has 1 aliphatic carbocycles. The fraction of sp³-hybridized carbons (Fsp3) is 0.815. The first kappa shape index (κ1) is 26.1. The molecule has 4 aliphatic rings. The van der Waals surface area contributed by atoms with E-state index in [1.165, 1.54) is 6.42 Å². The molecule has 5 atom stereocenters. The Morgan fingerprint density at radius 1 is 1.23 bits per heavy atom. The molecular formula is C27H42N2O6. The molecule has 196 valence electrons. The minimum atomic E-state index is -1.02. The van der Waals surface area contributed by atoms with Gasteiger partial charge in [0, 0.05) is 25.7 Å². The highest BCUT2D eigenvalue weighted by Gasteiger charge is 2.79. The van der Waals surface area contributed by atoms with Crippen LogP contribution >= 0.6 is 0 Å². The summed E-state index contributed by atoms with van der Waals surface area (Å²) >= 11 is 0. The van der Waals surface area contributed by atoms with E-state index in [1.54, 1.807) is 17.9 Å². The first-order valence-corrected chi connectivity index (χ1v) is 13.6. The Labute approximate surface area is 209 Å². The Morgan fingerprint density at radius 2 is 1.97 bits per heavy atom. The Kier molecular flexibility index (Phi) is 7.91. The largest absolute Gasteiger partial charge is 0.466 e. The summed E-state index contributed by atoms with van der Waals surface area (Å²) < 4.78 is 12.2. The molecule has 1 N–H and O–H groups in total. The van der Waals surface area contributed by atoms with Crippen molar-refractivity contribution in [2.24, 2.45) is 11.8 Å². The predicted molar refractivity (Wildman–Crippen MR) is 130 cm³/mol. The molecule has 8 heteroatoms. The van der Waals surface area contributed by atoms with Crippen molar-refractivity contribution >= 4 is 17.8 Å². The molecule has 2 unspecified atom stereocenters. The standard InChI is InChI=1S/C27H42N2O6/c1-4-16-28(19-12-8-7-9-13-19)24(32)22-27-15-14-26(5-2,35-27)21(25(33)34-6-3)20(27)23(31)29(22)17-10-11-18-30/h4,19-22,30H,1,5-18H2,2-3H3/t20-,21+,22?,26-,27?/m0/s1. The SMILES string of the molecule is C=CCN(C(=O)C1N(CCCCO)C(=O)[C@@H]2[C@H](C(=O)OCC)[C@]3(CC)CCC12O3)C1CCCCC1. The summed E-state index contributed by atoms with van der Waals surface area (Å²) in [4.78, 5) is 45.2. The van der Waals surface area contributed by atoms with Crippen molar-refractivity contribution in [3.63, 3.8) is 0 Å². The van der Waals surface area contributed by atoms with Crippen LogP contribution in [0.3, 0.4) is 0 Å². The second kappa shape index (κ2) is 10.6. The van der Waals surface area contributed by atoms with Crippen molar-refractivity contribution in [1.82, 2.24) is 9.80 Å². The summed E-state index contributed by atoms with van der Waals surface area (Å²) in [6, 6.07) is -0.646. The average Bonchev–Trinajstić information content (AvgIpc) is 3.47. The normalized spacial score (nSPS) is 34.2. The maximum atomic E-state index is 14.4. The van der Waals surface area contributed by atoms with Gasteiger partial charge in [-0.25, -0.2) is 0 Å². The quantitative estimate of drug-likeness (QED) is 0.272. The third-order valence-electron chi connectivity index (χ3n) is 8.89. The van der Waals surface area contributed by atoms with Gasteiger partial charge >= 0.3 is 5.97 Å². The van der Waals surface area contributed by atoms with Crippen LogP contribution in [0.25, 0.3) is 0 Å². The van der Waals surface area contributed by atoms with Crippen molar-refractivity contribution in [3.8, 4) is 0 Å². The van der Waals surface area contributed by atoms with Gasteiger partial charge in [0.05, 0.1) is 18.1 Å². The lowest BCUT2D eigenvalue weighted by molar-refractivity contribution is -0.162. The van der Waals surface area contributed by atoms with Gasteiger partial charge in [0.25, 0.3) is 0 Å². The number of aliphatic hydroxyl groups is 1. The minimum Gasteiger partial charge on any atom is -0.466 e. The Hall–Kier alpha value is -1.93. The molecule has 2 amide bonds. The molecule has 0 aromatic rings. The van der Waals surface area contributed by atoms with Gasteiger partial charge < -0.3 is 24.4 Å². The maximum Gasteiger partial charge on any atom is 0.312 e. The Morgan fingerprint density at radius 3 is 2.60 bits per heavy atom. The molecule has 0 aromatic heterocycles. The van der Waals surface area contributed by atoms with Crippen LogP contribution in [0.1, 0.15) is 78.1 Å². The number of hydrogen-bond donors (Lipinski definition) is 1. The highest BCUT2D eigenvalue weighted by molar-refractivity contribution is 5.98. The lowest BCUT2D eigenvalue weighted by atomic mass is 9.65. The van der Waals surface area contributed by atoms with Crippen molar-refractivity contribution < 1.29 is 29.0 Å². The third kappa shape index (κ3) is 4.20. The van der Waals surface area contributed by atoms with Crippen LogP contribution in [0.2, 0.25) is 0 Å². The van der Waals surface area contributed by atoms with E-state index in [0.29, 0.717) is 45.2 Å². The van der Waals surface area contributed by atoms with Crippen LogP contribution in [-0.2, 0) is 23.9 Å². The van der Waals surface area contributed by atoms with Gasteiger partial charge in [-0.15, -0.1) is 6.58 Å². The number of amides is 2. The van der Waals surface area contributed by atoms with Crippen molar-refractivity contribution in [2.75, 3.05) is 26.3 Å². The zero-order chi connectivity index (χ0) is 25.2. The smallest absolute Gasteiger partial charge is 0.312 e. The Balaban J connectivity index is 1.74. The van der Waals surface area contributed by atoms with Gasteiger partial charge in [-0.05, 0) is 51.9 Å². The lowest BCUT2D eigenvalue weighted by Crippen LogP contribution is -2.58. The number of hydrogen-bond acceptors (Lipinski definition) is 6. The van der Waals surface area contributed by atoms with Gasteiger partial charge in [0.1, 0.15) is 17.6 Å². The van der Waals surface area contributed by atoms with E-state index in [-0.39, 0.29) is 31.1 Å². The van der Waals surface area contributed by atoms with E-state index < -0.39 is 35.0 Å². The summed E-state index contributed by atoms with van der Waals surface area (Å²) in [5, 5.41) is 9.34. The summed E-state index contributed by atoms with van der Waals surface area (Å²) in [5.41, 5.74) is -1.79. The monoisotopic (exact) mass is 490 g/mol. The third-order valence-corrected chi connectivity index (χ3v) is 8.89. The van der Waals surface area contributed by atoms with Crippen LogP contribution in [0.5, 0.6) is 0 Å². The fourth-order valence-electron chi connectivity index (χ4n) is 7.33. The Bertz CT molecular complexity index is 826. The van der Waals surface area contributed by atoms with E-state index in [2.05, 4.69) is 6.58 Å². The molecule has 1 saturated carbocycles. The summed E-state index contributed by atoms with van der Waals surface area (Å²) in [6.07, 6.45) is 9.94. The summed E-state index contributed by atoms with van der Waals surface area (Å²) in [7, 11) is 0. The second-order valence-electron chi connectivity index (χ2n) is 10.6. The van der Waals surface area contributed by atoms with Gasteiger partial charge in [0.2, 0.25) is 11.8 Å². The van der Waals surface area contributed by atoms with Crippen LogP contribution < -0.4 is 0 Å². The predicted octanol–water partition coefficient (Wildman–Crippen LogP) is 2.82. The molecule has 0 aromatic carbocycles. The van der Waals surface area contributed by atoms with Crippen molar-refractivity contribution in [1.29, 1.82) is 0 Å². The summed E-state index contributed by atoms with van der Waals surface area (Å²) in [5.74, 6) is -2.08. The summed E-state index contributed by atoms with van der Waals surface area (Å²) in [6.45, 7) is 8.70. The molecule has 3 heterocycles. The van der Waals surface area contributed by atoms with Gasteiger partial charge in [-0.2, -0.15) is 0 Å². The van der Waals surface area contributed by atoms with E-state index in [4.69, 9.17) is 9.47 Å². The molecule has 0 radical (unpaired) electrons. The molecule has 8 nitrogen and oxygen atoms in total. The molecular weight excluding hydrogens is 448 g/mol. The topological polar surface area (TPSA) is 96.4 Å². The molecule has 35 heavy (non-hydrogen) atoms. The van der Waals surface area contributed by atoms with Gasteiger partial charge in [0.15, 0.2) is 0 Å². The van der Waals surface area contributed by atoms with E-state index in [0.717, 1.165) is 25.7 Å². The number of nitrogens with zero attached hydrogens (tertiary/aromatic N) is 2. The van der Waals surface area contributed by atoms with Crippen molar-refractivity contribution in [2.45, 2.75) is 101 Å². The number of unbranched alkanes of at least 4 members (excludes halogenated alkanes) is 1. The van der Waals surface area contributed by atoms with Crippen LogP contribution in [0.15, 0.2) is 12.7 Å². The molecule has 2 bridgehead atoms. The number of fused-ring (bicyclic) bond motifs is 1. The number of carbonyl (C=O) groups is 3. The fourth-order valence-corrected chi connectivity index (χ4v) is 7.33. The number of carbonyl (C=O) groups excluding carboxylic acids is 3. The van der Waals surface area contributed by atoms with Crippen LogP contribution in [-0.4, -0.2) is 82.3 Å². The van der Waals surface area contributed by atoms with E-state index in [9.17, 15) is 19.5 Å². The maximum absolute atomic E-state index is 14.4. The highest BCUT2D eigenvalue weighted by Crippen LogP contribution is 2.64. The zero-order valence-corrected chi connectivity index (χ0v) is 21.4. The van der Waals surface area contributed by atoms with Crippen LogP contribution in [0.4, 0.5) is 0 Å². The average molecular weight is 491 g/mol. The molecule has 4 fully saturated rings. The van der Waals surface area contributed by atoms with Crippen LogP contribution in [0, 0.1) is 11.8 Å². The van der Waals surface area contributed by atoms with Crippen molar-refractivity contribution in [3.05, 3.63) is 12.7 Å². The zero-order valence-electron chi connectivity index (χ0n) is 21.4. The number of rotatable bonds is 11. The van der Waals surface area contributed by atoms with E-state index in [1.807, 2.05) is 11.8 Å². The number of likely N-dealkylation sites (tertiary alicyclic amines) is 1. The lowest BCUT2D eigenvalue weighted by Gasteiger charge is -2.40. The first-order chi connectivity index (χ1) is 16.9. The second-order valence-corrected chi connectivity index (χ2v) is 10.6.